The zero-order valence-electron chi connectivity index (χ0n) is 9.13. The van der Waals surface area contributed by atoms with Crippen molar-refractivity contribution in [1.82, 2.24) is 0 Å². The highest BCUT2D eigenvalue weighted by Crippen LogP contribution is 2.21. The van der Waals surface area contributed by atoms with Gasteiger partial charge in [0.05, 0.1) is 6.61 Å². The van der Waals surface area contributed by atoms with E-state index in [1.165, 1.54) is 0 Å². The zero-order valence-corrected chi connectivity index (χ0v) is 9.94. The van der Waals surface area contributed by atoms with Crippen LogP contribution in [0.25, 0.3) is 0 Å². The molecule has 17 heavy (non-hydrogen) atoms. The summed E-state index contributed by atoms with van der Waals surface area (Å²) in [4.78, 5) is 21.5. The van der Waals surface area contributed by atoms with E-state index in [0.29, 0.717) is 0 Å². The zero-order chi connectivity index (χ0) is 13.1. The highest BCUT2D eigenvalue weighted by atomic mass is 32.2. The fraction of sp³-hybridized carbons (Fsp3) is 0.333. The van der Waals surface area contributed by atoms with Gasteiger partial charge in [-0.15, -0.1) is 0 Å². The second-order valence-corrected chi connectivity index (χ2v) is 4.97. The maximum atomic E-state index is 11.3. The molecule has 0 amide bonds. The van der Waals surface area contributed by atoms with Crippen LogP contribution in [0.5, 0.6) is 5.75 Å². The molecule has 0 aromatic carbocycles. The van der Waals surface area contributed by atoms with Gasteiger partial charge in [-0.1, -0.05) is 0 Å². The summed E-state index contributed by atoms with van der Waals surface area (Å²) in [7, 11) is -3.71. The van der Waals surface area contributed by atoms with Crippen molar-refractivity contribution < 1.29 is 27.1 Å². The Kier molecular flexibility index (Phi) is 3.89. The van der Waals surface area contributed by atoms with Gasteiger partial charge in [0.15, 0.2) is 15.6 Å². The first-order valence-electron chi connectivity index (χ1n) is 4.52. The molecule has 7 nitrogen and oxygen atoms in total. The fourth-order valence-corrected chi connectivity index (χ4v) is 1.75. The molecule has 1 aromatic rings. The van der Waals surface area contributed by atoms with Gasteiger partial charge in [-0.3, -0.25) is 0 Å². The molecule has 0 aliphatic rings. The molecule has 0 saturated heterocycles. The Balaban J connectivity index is 3.16. The molecule has 0 saturated carbocycles. The molecule has 0 aliphatic heterocycles. The highest BCUT2D eigenvalue weighted by molar-refractivity contribution is 7.90. The molecule has 0 atom stereocenters. The minimum atomic E-state index is -3.71. The van der Waals surface area contributed by atoms with Crippen LogP contribution in [0.4, 0.5) is 4.79 Å². The van der Waals surface area contributed by atoms with E-state index in [2.05, 4.69) is 13.9 Å². The summed E-state index contributed by atoms with van der Waals surface area (Å²) in [5.74, 6) is -0.384. The Labute approximate surface area is 96.9 Å². The van der Waals surface area contributed by atoms with Gasteiger partial charge in [0.1, 0.15) is 11.2 Å². The predicted molar refractivity (Wildman–Crippen MR) is 55.7 cm³/mol. The van der Waals surface area contributed by atoms with Crippen LogP contribution in [0.3, 0.4) is 0 Å². The lowest BCUT2D eigenvalue weighted by Crippen LogP contribution is -2.14. The van der Waals surface area contributed by atoms with E-state index in [1.807, 2.05) is 0 Å². The third-order valence-electron chi connectivity index (χ3n) is 1.63. The largest absolute Gasteiger partial charge is 0.513 e. The van der Waals surface area contributed by atoms with E-state index in [-0.39, 0.29) is 12.4 Å². The van der Waals surface area contributed by atoms with Crippen molar-refractivity contribution in [3.05, 3.63) is 22.7 Å². The monoisotopic (exact) mass is 262 g/mol. The summed E-state index contributed by atoms with van der Waals surface area (Å²) in [6.45, 7) is 1.63. The Morgan fingerprint density at radius 1 is 1.47 bits per heavy atom. The molecule has 94 valence electrons. The fourth-order valence-electron chi connectivity index (χ4n) is 0.983. The van der Waals surface area contributed by atoms with Crippen LogP contribution in [0, 0.1) is 0 Å². The summed E-state index contributed by atoms with van der Waals surface area (Å²) in [6, 6.07) is 0.726. The Hall–Kier alpha value is -1.83. The topological polar surface area (TPSA) is 99.9 Å². The van der Waals surface area contributed by atoms with Crippen molar-refractivity contribution >= 4 is 16.0 Å². The lowest BCUT2D eigenvalue weighted by molar-refractivity contribution is 0.102. The molecule has 0 unspecified atom stereocenters. The van der Waals surface area contributed by atoms with Gasteiger partial charge in [-0.25, -0.2) is 18.0 Å². The van der Waals surface area contributed by atoms with Gasteiger partial charge in [-0.2, -0.15) is 0 Å². The van der Waals surface area contributed by atoms with Crippen molar-refractivity contribution in [2.45, 2.75) is 11.8 Å². The summed E-state index contributed by atoms with van der Waals surface area (Å²) < 4.78 is 36.1. The molecular formula is C9H10O7S. The van der Waals surface area contributed by atoms with E-state index < -0.39 is 26.5 Å². The Morgan fingerprint density at radius 3 is 2.65 bits per heavy atom. The number of carbonyl (C=O) groups excluding carboxylic acids is 1. The molecule has 0 bridgehead atoms. The van der Waals surface area contributed by atoms with Crippen LogP contribution in [-0.4, -0.2) is 27.4 Å². The Morgan fingerprint density at radius 2 is 2.12 bits per heavy atom. The number of hydrogen-bond donors (Lipinski definition) is 0. The molecule has 0 fully saturated rings. The lowest BCUT2D eigenvalue weighted by atomic mass is 10.5. The quantitative estimate of drug-likeness (QED) is 0.734. The van der Waals surface area contributed by atoms with Gasteiger partial charge in [0, 0.05) is 12.3 Å². The predicted octanol–water partition coefficient (Wildman–Crippen LogP) is 0.579. The first-order chi connectivity index (χ1) is 7.84. The average Bonchev–Trinajstić information content (AvgIpc) is 2.19. The maximum absolute atomic E-state index is 11.3. The Bertz CT molecular complexity index is 569. The summed E-state index contributed by atoms with van der Waals surface area (Å²) in [5, 5.41) is 0. The first-order valence-corrected chi connectivity index (χ1v) is 6.41. The van der Waals surface area contributed by atoms with Gasteiger partial charge in [0.2, 0.25) is 0 Å². The molecule has 8 heteroatoms. The second kappa shape index (κ2) is 5.00. The third-order valence-corrected chi connectivity index (χ3v) is 2.75. The van der Waals surface area contributed by atoms with E-state index in [9.17, 15) is 18.0 Å². The minimum absolute atomic E-state index is 0.0732. The lowest BCUT2D eigenvalue weighted by Gasteiger charge is -2.06. The van der Waals surface area contributed by atoms with Crippen LogP contribution in [0.1, 0.15) is 6.92 Å². The SMILES string of the molecule is CCOC(=O)Oc1coc(=O)cc1S(C)(=O)=O. The van der Waals surface area contributed by atoms with E-state index in [4.69, 9.17) is 0 Å². The smallest absolute Gasteiger partial charge is 0.434 e. The van der Waals surface area contributed by atoms with E-state index >= 15 is 0 Å². The van der Waals surface area contributed by atoms with Gasteiger partial charge in [0.25, 0.3) is 0 Å². The molecule has 0 N–H and O–H groups in total. The van der Waals surface area contributed by atoms with E-state index in [1.54, 1.807) is 6.92 Å². The van der Waals surface area contributed by atoms with Crippen molar-refractivity contribution in [1.29, 1.82) is 0 Å². The molecule has 1 rings (SSSR count). The number of rotatable bonds is 3. The minimum Gasteiger partial charge on any atom is -0.434 e. The van der Waals surface area contributed by atoms with Crippen LogP contribution in [0.2, 0.25) is 0 Å². The molecule has 1 heterocycles. The molecule has 0 spiro atoms. The maximum Gasteiger partial charge on any atom is 0.513 e. The van der Waals surface area contributed by atoms with Crippen molar-refractivity contribution in [2.75, 3.05) is 12.9 Å². The molecule has 1 aromatic heterocycles. The molecule has 0 aliphatic carbocycles. The van der Waals surface area contributed by atoms with Crippen LogP contribution < -0.4 is 10.4 Å². The van der Waals surface area contributed by atoms with Crippen molar-refractivity contribution in [3.8, 4) is 5.75 Å². The van der Waals surface area contributed by atoms with E-state index in [0.717, 1.165) is 18.6 Å². The van der Waals surface area contributed by atoms with Gasteiger partial charge in [-0.05, 0) is 6.92 Å². The normalized spacial score (nSPS) is 10.9. The van der Waals surface area contributed by atoms with Gasteiger partial charge < -0.3 is 13.9 Å². The molecule has 0 radical (unpaired) electrons. The standard InChI is InChI=1S/C9H10O7S/c1-3-14-9(11)16-6-5-15-8(10)4-7(6)17(2,12)13/h4-5H,3H2,1-2H3. The summed E-state index contributed by atoms with van der Waals surface area (Å²) in [5.41, 5.74) is -0.860. The van der Waals surface area contributed by atoms with Gasteiger partial charge >= 0.3 is 11.8 Å². The summed E-state index contributed by atoms with van der Waals surface area (Å²) in [6.07, 6.45) is 0.543. The summed E-state index contributed by atoms with van der Waals surface area (Å²) >= 11 is 0. The second-order valence-electron chi connectivity index (χ2n) is 2.98. The number of sulfone groups is 1. The number of carbonyl (C=O) groups is 1. The highest BCUT2D eigenvalue weighted by Gasteiger charge is 2.19. The van der Waals surface area contributed by atoms with Crippen LogP contribution in [-0.2, 0) is 14.6 Å². The van der Waals surface area contributed by atoms with Crippen LogP contribution >= 0.6 is 0 Å². The van der Waals surface area contributed by atoms with Crippen molar-refractivity contribution in [3.63, 3.8) is 0 Å². The molecular weight excluding hydrogens is 252 g/mol. The van der Waals surface area contributed by atoms with Crippen molar-refractivity contribution in [2.24, 2.45) is 0 Å². The number of ether oxygens (including phenoxy) is 2. The third kappa shape index (κ3) is 3.59. The number of hydrogen-bond acceptors (Lipinski definition) is 7. The van der Waals surface area contributed by atoms with Crippen LogP contribution in [0.15, 0.2) is 26.4 Å². The first kappa shape index (κ1) is 13.2. The average molecular weight is 262 g/mol.